The van der Waals surface area contributed by atoms with Crippen LogP contribution in [0, 0.1) is 6.92 Å². The summed E-state index contributed by atoms with van der Waals surface area (Å²) in [5.74, 6) is 1.60. The number of aryl methyl sites for hydroxylation is 1. The van der Waals surface area contributed by atoms with Crippen molar-refractivity contribution in [2.75, 3.05) is 13.3 Å². The minimum Gasteiger partial charge on any atom is -0.454 e. The summed E-state index contributed by atoms with van der Waals surface area (Å²) in [6, 6.07) is 4.07. The first kappa shape index (κ1) is 13.5. The summed E-state index contributed by atoms with van der Waals surface area (Å²) >= 11 is 3.50. The summed E-state index contributed by atoms with van der Waals surface area (Å²) in [6.07, 6.45) is 3.91. The summed E-state index contributed by atoms with van der Waals surface area (Å²) < 4.78 is 13.7. The molecule has 0 bridgehead atoms. The first-order valence-corrected chi connectivity index (χ1v) is 7.29. The van der Waals surface area contributed by atoms with E-state index in [1.165, 1.54) is 5.56 Å². The number of rotatable bonds is 5. The third kappa shape index (κ3) is 2.96. The second-order valence-electron chi connectivity index (χ2n) is 4.77. The zero-order valence-corrected chi connectivity index (χ0v) is 12.8. The number of aromatic nitrogens is 2. The maximum absolute atomic E-state index is 5.40. The van der Waals surface area contributed by atoms with Crippen molar-refractivity contribution in [2.45, 2.75) is 20.0 Å². The van der Waals surface area contributed by atoms with Crippen molar-refractivity contribution >= 4 is 15.9 Å². The van der Waals surface area contributed by atoms with E-state index in [0.717, 1.165) is 41.2 Å². The average molecular weight is 338 g/mol. The molecule has 2 aromatic rings. The van der Waals surface area contributed by atoms with Gasteiger partial charge in [-0.2, -0.15) is 5.10 Å². The molecule has 1 aliphatic rings. The largest absolute Gasteiger partial charge is 0.454 e. The standard InChI is InChI=1S/C14H16BrN3O2/c1-10-6-17-18(8-10)3-2-16-7-11-4-12(15)14-13(5-11)19-9-20-14/h4-6,8,16H,2-3,7,9H2,1H3. The van der Waals surface area contributed by atoms with Crippen molar-refractivity contribution in [3.63, 3.8) is 0 Å². The van der Waals surface area contributed by atoms with Gasteiger partial charge in [-0.15, -0.1) is 0 Å². The predicted octanol–water partition coefficient (Wildman–Crippen LogP) is 2.47. The normalized spacial score (nSPS) is 12.9. The van der Waals surface area contributed by atoms with Crippen LogP contribution >= 0.6 is 15.9 Å². The lowest BCUT2D eigenvalue weighted by Crippen LogP contribution is -2.19. The van der Waals surface area contributed by atoms with Gasteiger partial charge >= 0.3 is 0 Å². The van der Waals surface area contributed by atoms with E-state index in [4.69, 9.17) is 9.47 Å². The Morgan fingerprint density at radius 1 is 1.40 bits per heavy atom. The average Bonchev–Trinajstić information content (AvgIpc) is 3.04. The van der Waals surface area contributed by atoms with Crippen LogP contribution in [-0.2, 0) is 13.1 Å². The second-order valence-corrected chi connectivity index (χ2v) is 5.62. The van der Waals surface area contributed by atoms with Crippen LogP contribution in [0.15, 0.2) is 29.0 Å². The number of hydrogen-bond acceptors (Lipinski definition) is 4. The molecule has 0 unspecified atom stereocenters. The Morgan fingerprint density at radius 2 is 2.30 bits per heavy atom. The molecular weight excluding hydrogens is 322 g/mol. The molecule has 0 saturated carbocycles. The van der Waals surface area contributed by atoms with E-state index in [1.54, 1.807) is 0 Å². The maximum Gasteiger partial charge on any atom is 0.231 e. The summed E-state index contributed by atoms with van der Waals surface area (Å²) in [7, 11) is 0. The Morgan fingerprint density at radius 3 is 3.10 bits per heavy atom. The Labute approximate surface area is 126 Å². The quantitative estimate of drug-likeness (QED) is 0.851. The summed E-state index contributed by atoms with van der Waals surface area (Å²) in [4.78, 5) is 0. The minimum atomic E-state index is 0.295. The van der Waals surface area contributed by atoms with Gasteiger partial charge in [-0.3, -0.25) is 4.68 Å². The fourth-order valence-corrected chi connectivity index (χ4v) is 2.74. The summed E-state index contributed by atoms with van der Waals surface area (Å²) in [6.45, 7) is 4.85. The lowest BCUT2D eigenvalue weighted by Gasteiger charge is -2.07. The highest BCUT2D eigenvalue weighted by molar-refractivity contribution is 9.10. The molecule has 0 aliphatic carbocycles. The monoisotopic (exact) mass is 337 g/mol. The van der Waals surface area contributed by atoms with Gasteiger partial charge in [0.05, 0.1) is 17.2 Å². The van der Waals surface area contributed by atoms with Crippen LogP contribution in [0.1, 0.15) is 11.1 Å². The number of nitrogens with one attached hydrogen (secondary N) is 1. The fraction of sp³-hybridized carbons (Fsp3) is 0.357. The van der Waals surface area contributed by atoms with Crippen LogP contribution in [0.2, 0.25) is 0 Å². The number of ether oxygens (including phenoxy) is 2. The lowest BCUT2D eigenvalue weighted by molar-refractivity contribution is 0.173. The molecule has 0 spiro atoms. The molecular formula is C14H16BrN3O2. The van der Waals surface area contributed by atoms with Crippen molar-refractivity contribution in [3.8, 4) is 11.5 Å². The predicted molar refractivity (Wildman–Crippen MR) is 78.9 cm³/mol. The summed E-state index contributed by atoms with van der Waals surface area (Å²) in [5, 5.41) is 7.65. The Hall–Kier alpha value is -1.53. The molecule has 3 rings (SSSR count). The molecule has 0 atom stereocenters. The Balaban J connectivity index is 1.52. The highest BCUT2D eigenvalue weighted by atomic mass is 79.9. The van der Waals surface area contributed by atoms with Gasteiger partial charge in [0.1, 0.15) is 0 Å². The van der Waals surface area contributed by atoms with Gasteiger partial charge in [0, 0.05) is 19.3 Å². The number of fused-ring (bicyclic) bond motifs is 1. The van der Waals surface area contributed by atoms with E-state index in [2.05, 4.69) is 32.4 Å². The van der Waals surface area contributed by atoms with Crippen molar-refractivity contribution in [1.82, 2.24) is 15.1 Å². The third-order valence-corrected chi connectivity index (χ3v) is 3.69. The molecule has 0 amide bonds. The van der Waals surface area contributed by atoms with Crippen LogP contribution in [0.5, 0.6) is 11.5 Å². The molecule has 106 valence electrons. The lowest BCUT2D eigenvalue weighted by atomic mass is 10.2. The van der Waals surface area contributed by atoms with Gasteiger partial charge in [0.15, 0.2) is 11.5 Å². The Bertz CT molecular complexity index is 612. The molecule has 1 aliphatic heterocycles. The van der Waals surface area contributed by atoms with E-state index in [9.17, 15) is 0 Å². The molecule has 5 nitrogen and oxygen atoms in total. The molecule has 0 saturated heterocycles. The molecule has 0 radical (unpaired) electrons. The van der Waals surface area contributed by atoms with Crippen LogP contribution in [0.3, 0.4) is 0 Å². The number of benzene rings is 1. The maximum atomic E-state index is 5.40. The van der Waals surface area contributed by atoms with Crippen LogP contribution in [0.25, 0.3) is 0 Å². The third-order valence-electron chi connectivity index (χ3n) is 3.10. The number of halogens is 1. The Kier molecular flexibility index (Phi) is 3.93. The van der Waals surface area contributed by atoms with Gasteiger partial charge < -0.3 is 14.8 Å². The molecule has 1 aromatic heterocycles. The SMILES string of the molecule is Cc1cnn(CCNCc2cc(Br)c3c(c2)OCO3)c1. The number of nitrogens with zero attached hydrogens (tertiary/aromatic N) is 2. The van der Waals surface area contributed by atoms with Gasteiger partial charge in [-0.25, -0.2) is 0 Å². The zero-order chi connectivity index (χ0) is 13.9. The highest BCUT2D eigenvalue weighted by Crippen LogP contribution is 2.39. The van der Waals surface area contributed by atoms with Crippen LogP contribution in [0.4, 0.5) is 0 Å². The van der Waals surface area contributed by atoms with Crippen LogP contribution in [-0.4, -0.2) is 23.1 Å². The van der Waals surface area contributed by atoms with Crippen LogP contribution < -0.4 is 14.8 Å². The van der Waals surface area contributed by atoms with E-state index in [0.29, 0.717) is 6.79 Å². The van der Waals surface area contributed by atoms with Crippen molar-refractivity contribution in [1.29, 1.82) is 0 Å². The molecule has 20 heavy (non-hydrogen) atoms. The van der Waals surface area contributed by atoms with Gasteiger partial charge in [0.25, 0.3) is 0 Å². The minimum absolute atomic E-state index is 0.295. The first-order chi connectivity index (χ1) is 9.72. The molecule has 6 heteroatoms. The van der Waals surface area contributed by atoms with E-state index in [1.807, 2.05) is 30.1 Å². The highest BCUT2D eigenvalue weighted by Gasteiger charge is 2.17. The van der Waals surface area contributed by atoms with Gasteiger partial charge in [-0.05, 0) is 46.1 Å². The van der Waals surface area contributed by atoms with Crippen molar-refractivity contribution in [3.05, 3.63) is 40.1 Å². The molecule has 1 N–H and O–H groups in total. The van der Waals surface area contributed by atoms with Crippen molar-refractivity contribution < 1.29 is 9.47 Å². The zero-order valence-electron chi connectivity index (χ0n) is 11.2. The van der Waals surface area contributed by atoms with Gasteiger partial charge in [-0.1, -0.05) is 0 Å². The molecule has 2 heterocycles. The first-order valence-electron chi connectivity index (χ1n) is 6.50. The molecule has 1 aromatic carbocycles. The second kappa shape index (κ2) is 5.85. The van der Waals surface area contributed by atoms with E-state index in [-0.39, 0.29) is 0 Å². The van der Waals surface area contributed by atoms with E-state index >= 15 is 0 Å². The smallest absolute Gasteiger partial charge is 0.231 e. The number of hydrogen-bond donors (Lipinski definition) is 1. The molecule has 0 fully saturated rings. The fourth-order valence-electron chi connectivity index (χ4n) is 2.14. The summed E-state index contributed by atoms with van der Waals surface area (Å²) in [5.41, 5.74) is 2.35. The topological polar surface area (TPSA) is 48.3 Å². The van der Waals surface area contributed by atoms with E-state index < -0.39 is 0 Å². The van der Waals surface area contributed by atoms with Gasteiger partial charge in [0.2, 0.25) is 6.79 Å². The van der Waals surface area contributed by atoms with Crippen molar-refractivity contribution in [2.24, 2.45) is 0 Å².